The van der Waals surface area contributed by atoms with Crippen LogP contribution in [0.1, 0.15) is 33.6 Å². The SMILES string of the molecule is CC=CC1/C=C\C=C(\C)CC2=C(F)C=C(C)CC21. The summed E-state index contributed by atoms with van der Waals surface area (Å²) < 4.78 is 14.2. The number of allylic oxidation sites excluding steroid dienone is 10. The van der Waals surface area contributed by atoms with Crippen LogP contribution in [0, 0.1) is 11.8 Å². The monoisotopic (exact) mass is 244 g/mol. The highest BCUT2D eigenvalue weighted by Crippen LogP contribution is 2.40. The third-order valence-corrected chi connectivity index (χ3v) is 3.73. The Kier molecular flexibility index (Phi) is 4.00. The second kappa shape index (κ2) is 5.51. The Bertz CT molecular complexity index is 472. The van der Waals surface area contributed by atoms with Crippen molar-refractivity contribution in [2.75, 3.05) is 0 Å². The van der Waals surface area contributed by atoms with Gasteiger partial charge >= 0.3 is 0 Å². The van der Waals surface area contributed by atoms with E-state index in [1.54, 1.807) is 6.08 Å². The van der Waals surface area contributed by atoms with Gasteiger partial charge in [-0.3, -0.25) is 0 Å². The van der Waals surface area contributed by atoms with Gasteiger partial charge in [-0.2, -0.15) is 0 Å². The molecule has 1 heteroatoms. The van der Waals surface area contributed by atoms with Crippen LogP contribution in [0.4, 0.5) is 4.39 Å². The van der Waals surface area contributed by atoms with E-state index in [9.17, 15) is 4.39 Å². The summed E-state index contributed by atoms with van der Waals surface area (Å²) in [5.41, 5.74) is 3.35. The summed E-state index contributed by atoms with van der Waals surface area (Å²) in [4.78, 5) is 0. The zero-order chi connectivity index (χ0) is 13.1. The molecule has 0 aromatic heterocycles. The van der Waals surface area contributed by atoms with Gasteiger partial charge < -0.3 is 0 Å². The summed E-state index contributed by atoms with van der Waals surface area (Å²) in [5, 5.41) is 0. The number of halogens is 1. The largest absolute Gasteiger partial charge is 0.207 e. The van der Waals surface area contributed by atoms with Gasteiger partial charge in [-0.1, -0.05) is 41.5 Å². The second-order valence-electron chi connectivity index (χ2n) is 5.35. The van der Waals surface area contributed by atoms with Gasteiger partial charge in [-0.25, -0.2) is 4.39 Å². The summed E-state index contributed by atoms with van der Waals surface area (Å²) in [6.07, 6.45) is 14.1. The minimum absolute atomic E-state index is 0.0127. The van der Waals surface area contributed by atoms with Gasteiger partial charge in [0.1, 0.15) is 5.83 Å². The Morgan fingerprint density at radius 2 is 2.06 bits per heavy atom. The summed E-state index contributed by atoms with van der Waals surface area (Å²) in [7, 11) is 0. The number of hydrogen-bond donors (Lipinski definition) is 0. The molecule has 2 atom stereocenters. The highest BCUT2D eigenvalue weighted by molar-refractivity contribution is 5.37. The molecule has 0 spiro atoms. The highest BCUT2D eigenvalue weighted by Gasteiger charge is 2.28. The van der Waals surface area contributed by atoms with Crippen molar-refractivity contribution in [3.8, 4) is 0 Å². The lowest BCUT2D eigenvalue weighted by Gasteiger charge is -2.30. The van der Waals surface area contributed by atoms with Crippen LogP contribution >= 0.6 is 0 Å². The van der Waals surface area contributed by atoms with E-state index in [2.05, 4.69) is 37.3 Å². The van der Waals surface area contributed by atoms with Crippen molar-refractivity contribution < 1.29 is 4.39 Å². The fourth-order valence-electron chi connectivity index (χ4n) is 2.86. The normalized spacial score (nSPS) is 33.3. The molecule has 0 bridgehead atoms. The molecule has 0 aliphatic heterocycles. The predicted octanol–water partition coefficient (Wildman–Crippen LogP) is 5.27. The number of fused-ring (bicyclic) bond motifs is 1. The average Bonchev–Trinajstić information content (AvgIpc) is 2.29. The van der Waals surface area contributed by atoms with Crippen molar-refractivity contribution in [3.63, 3.8) is 0 Å². The summed E-state index contributed by atoms with van der Waals surface area (Å²) in [5.74, 6) is 0.580. The molecular formula is C17H21F. The fraction of sp³-hybridized carbons (Fsp3) is 0.412. The Morgan fingerprint density at radius 3 is 2.78 bits per heavy atom. The summed E-state index contributed by atoms with van der Waals surface area (Å²) >= 11 is 0. The molecule has 0 heterocycles. The topological polar surface area (TPSA) is 0 Å². The molecule has 2 unspecified atom stereocenters. The molecule has 0 aromatic carbocycles. The van der Waals surface area contributed by atoms with Crippen molar-refractivity contribution in [1.29, 1.82) is 0 Å². The van der Waals surface area contributed by atoms with Crippen LogP contribution in [-0.2, 0) is 0 Å². The van der Waals surface area contributed by atoms with E-state index in [0.717, 1.165) is 24.0 Å². The zero-order valence-electron chi connectivity index (χ0n) is 11.4. The van der Waals surface area contributed by atoms with Crippen LogP contribution in [0.2, 0.25) is 0 Å². The van der Waals surface area contributed by atoms with Crippen LogP contribution in [0.3, 0.4) is 0 Å². The Labute approximate surface area is 109 Å². The van der Waals surface area contributed by atoms with E-state index in [-0.39, 0.29) is 11.7 Å². The van der Waals surface area contributed by atoms with Gasteiger partial charge in [0.25, 0.3) is 0 Å². The third kappa shape index (κ3) is 2.72. The first-order chi connectivity index (χ1) is 8.61. The minimum Gasteiger partial charge on any atom is -0.207 e. The van der Waals surface area contributed by atoms with Crippen LogP contribution < -0.4 is 0 Å². The number of hydrogen-bond acceptors (Lipinski definition) is 0. The Hall–Kier alpha value is -1.37. The molecule has 0 saturated heterocycles. The molecule has 18 heavy (non-hydrogen) atoms. The van der Waals surface area contributed by atoms with E-state index in [1.807, 2.05) is 13.8 Å². The molecule has 2 aliphatic carbocycles. The van der Waals surface area contributed by atoms with E-state index in [1.165, 1.54) is 5.57 Å². The van der Waals surface area contributed by atoms with E-state index < -0.39 is 0 Å². The third-order valence-electron chi connectivity index (χ3n) is 3.73. The van der Waals surface area contributed by atoms with E-state index in [0.29, 0.717) is 5.92 Å². The fourth-order valence-corrected chi connectivity index (χ4v) is 2.86. The summed E-state index contributed by atoms with van der Waals surface area (Å²) in [6.45, 7) is 6.12. The van der Waals surface area contributed by atoms with Gasteiger partial charge in [0, 0.05) is 5.92 Å². The van der Waals surface area contributed by atoms with Gasteiger partial charge in [-0.05, 0) is 51.2 Å². The van der Waals surface area contributed by atoms with Gasteiger partial charge in [0.15, 0.2) is 0 Å². The Balaban J connectivity index is 2.45. The minimum atomic E-state index is -0.0127. The quantitative estimate of drug-likeness (QED) is 0.551. The molecule has 0 aromatic rings. The van der Waals surface area contributed by atoms with Crippen molar-refractivity contribution in [2.24, 2.45) is 11.8 Å². The van der Waals surface area contributed by atoms with Crippen LogP contribution in [0.15, 0.2) is 59.0 Å². The lowest BCUT2D eigenvalue weighted by atomic mass is 9.75. The average molecular weight is 244 g/mol. The molecule has 0 radical (unpaired) electrons. The Morgan fingerprint density at radius 1 is 1.28 bits per heavy atom. The molecule has 0 fully saturated rings. The molecule has 0 amide bonds. The predicted molar refractivity (Wildman–Crippen MR) is 75.8 cm³/mol. The molecule has 0 nitrogen and oxygen atoms in total. The standard InChI is InChI=1S/C17H21F/c1-4-6-14-8-5-7-12(2)9-16-15(14)10-13(3)11-17(16)18/h4-8,11,14-15H,9-10H2,1-3H3/b6-4?,8-5-,12-7-. The van der Waals surface area contributed by atoms with E-state index >= 15 is 0 Å². The molecule has 0 N–H and O–H groups in total. The second-order valence-corrected chi connectivity index (χ2v) is 5.35. The molecule has 96 valence electrons. The van der Waals surface area contributed by atoms with Crippen molar-refractivity contribution in [3.05, 3.63) is 59.0 Å². The van der Waals surface area contributed by atoms with Crippen LogP contribution in [0.25, 0.3) is 0 Å². The van der Waals surface area contributed by atoms with Crippen molar-refractivity contribution in [1.82, 2.24) is 0 Å². The van der Waals surface area contributed by atoms with Crippen LogP contribution in [-0.4, -0.2) is 0 Å². The molecule has 0 saturated carbocycles. The first-order valence-corrected chi connectivity index (χ1v) is 6.64. The van der Waals surface area contributed by atoms with E-state index in [4.69, 9.17) is 0 Å². The first kappa shape index (κ1) is 13.1. The molecule has 2 rings (SSSR count). The highest BCUT2D eigenvalue weighted by atomic mass is 19.1. The number of rotatable bonds is 1. The maximum absolute atomic E-state index is 14.2. The van der Waals surface area contributed by atoms with Crippen LogP contribution in [0.5, 0.6) is 0 Å². The lowest BCUT2D eigenvalue weighted by Crippen LogP contribution is -2.19. The van der Waals surface area contributed by atoms with Crippen molar-refractivity contribution >= 4 is 0 Å². The smallest absolute Gasteiger partial charge is 0.123 e. The van der Waals surface area contributed by atoms with Gasteiger partial charge in [0.2, 0.25) is 0 Å². The maximum Gasteiger partial charge on any atom is 0.123 e. The van der Waals surface area contributed by atoms with Gasteiger partial charge in [0.05, 0.1) is 0 Å². The molecule has 2 aliphatic rings. The first-order valence-electron chi connectivity index (χ1n) is 6.64. The summed E-state index contributed by atoms with van der Waals surface area (Å²) in [6, 6.07) is 0. The lowest BCUT2D eigenvalue weighted by molar-refractivity contribution is 0.470. The maximum atomic E-state index is 14.2. The zero-order valence-corrected chi connectivity index (χ0v) is 11.4. The van der Waals surface area contributed by atoms with Gasteiger partial charge in [-0.15, -0.1) is 0 Å². The molecular weight excluding hydrogens is 223 g/mol. The van der Waals surface area contributed by atoms with Crippen molar-refractivity contribution in [2.45, 2.75) is 33.6 Å².